The molecule has 2 aromatic rings. The number of hydrogen-bond acceptors (Lipinski definition) is 3. The van der Waals surface area contributed by atoms with E-state index in [4.69, 9.17) is 15.2 Å². The number of fused-ring (bicyclic) bond motifs is 1. The zero-order valence-corrected chi connectivity index (χ0v) is 11.7. The molecule has 1 aliphatic heterocycles. The Bertz CT molecular complexity index is 576. The van der Waals surface area contributed by atoms with Crippen LogP contribution in [-0.4, -0.2) is 25.9 Å². The third-order valence-corrected chi connectivity index (χ3v) is 3.84. The summed E-state index contributed by atoms with van der Waals surface area (Å²) in [5.74, 6) is 0.949. The van der Waals surface area contributed by atoms with Crippen molar-refractivity contribution in [1.82, 2.24) is 0 Å². The molecule has 3 heteroatoms. The van der Waals surface area contributed by atoms with Gasteiger partial charge in [-0.1, -0.05) is 30.3 Å². The fourth-order valence-electron chi connectivity index (χ4n) is 2.81. The van der Waals surface area contributed by atoms with Gasteiger partial charge in [-0.25, -0.2) is 0 Å². The van der Waals surface area contributed by atoms with Crippen LogP contribution in [0.15, 0.2) is 36.4 Å². The summed E-state index contributed by atoms with van der Waals surface area (Å²) in [6.45, 7) is 2.13. The predicted octanol–water partition coefficient (Wildman–Crippen LogP) is 2.90. The average molecular weight is 271 g/mol. The standard InChI is InChI=1S/C17H21NO2/c18-10-9-16-15-6-2-1-4-13(15)7-8-17(16)20-12-14-5-3-11-19-14/h1-2,4,6-8,14H,3,5,9-12,18H2. The van der Waals surface area contributed by atoms with E-state index in [-0.39, 0.29) is 6.10 Å². The maximum absolute atomic E-state index is 6.00. The summed E-state index contributed by atoms with van der Waals surface area (Å²) >= 11 is 0. The number of hydrogen-bond donors (Lipinski definition) is 1. The third kappa shape index (κ3) is 2.79. The maximum Gasteiger partial charge on any atom is 0.123 e. The highest BCUT2D eigenvalue weighted by atomic mass is 16.5. The second-order valence-corrected chi connectivity index (χ2v) is 5.25. The lowest BCUT2D eigenvalue weighted by atomic mass is 10.0. The Hall–Kier alpha value is -1.58. The van der Waals surface area contributed by atoms with Crippen LogP contribution in [0.4, 0.5) is 0 Å². The van der Waals surface area contributed by atoms with Crippen molar-refractivity contribution in [3.05, 3.63) is 42.0 Å². The van der Waals surface area contributed by atoms with Crippen molar-refractivity contribution in [2.45, 2.75) is 25.4 Å². The smallest absolute Gasteiger partial charge is 0.123 e. The van der Waals surface area contributed by atoms with Gasteiger partial charge < -0.3 is 15.2 Å². The number of ether oxygens (including phenoxy) is 2. The van der Waals surface area contributed by atoms with Crippen molar-refractivity contribution in [3.8, 4) is 5.75 Å². The Morgan fingerprint density at radius 1 is 1.20 bits per heavy atom. The summed E-state index contributed by atoms with van der Waals surface area (Å²) in [5, 5.41) is 2.48. The van der Waals surface area contributed by atoms with Gasteiger partial charge in [0.15, 0.2) is 0 Å². The topological polar surface area (TPSA) is 44.5 Å². The fraction of sp³-hybridized carbons (Fsp3) is 0.412. The maximum atomic E-state index is 6.00. The van der Waals surface area contributed by atoms with Crippen LogP contribution in [0.2, 0.25) is 0 Å². The van der Waals surface area contributed by atoms with E-state index >= 15 is 0 Å². The van der Waals surface area contributed by atoms with E-state index in [1.807, 2.05) is 0 Å². The lowest BCUT2D eigenvalue weighted by Crippen LogP contribution is -2.17. The molecular formula is C17H21NO2. The molecule has 0 saturated carbocycles. The van der Waals surface area contributed by atoms with Crippen LogP contribution in [0, 0.1) is 0 Å². The molecule has 1 aliphatic rings. The van der Waals surface area contributed by atoms with E-state index in [1.54, 1.807) is 0 Å². The van der Waals surface area contributed by atoms with E-state index in [9.17, 15) is 0 Å². The number of rotatable bonds is 5. The molecule has 1 fully saturated rings. The molecule has 1 atom stereocenters. The zero-order valence-electron chi connectivity index (χ0n) is 11.7. The summed E-state index contributed by atoms with van der Waals surface area (Å²) in [6.07, 6.45) is 3.32. The molecule has 1 unspecified atom stereocenters. The van der Waals surface area contributed by atoms with Crippen molar-refractivity contribution in [2.24, 2.45) is 5.73 Å². The lowest BCUT2D eigenvalue weighted by molar-refractivity contribution is 0.0677. The second kappa shape index (κ2) is 6.25. The SMILES string of the molecule is NCCc1c(OCC2CCCO2)ccc2ccccc12. The molecule has 0 aromatic heterocycles. The van der Waals surface area contributed by atoms with Crippen LogP contribution >= 0.6 is 0 Å². The zero-order chi connectivity index (χ0) is 13.8. The molecule has 0 spiro atoms. The number of benzene rings is 2. The lowest BCUT2D eigenvalue weighted by Gasteiger charge is -2.16. The first-order valence-electron chi connectivity index (χ1n) is 7.33. The van der Waals surface area contributed by atoms with Crippen molar-refractivity contribution in [3.63, 3.8) is 0 Å². The van der Waals surface area contributed by atoms with E-state index in [0.29, 0.717) is 13.2 Å². The first kappa shape index (κ1) is 13.4. The summed E-state index contributed by atoms with van der Waals surface area (Å²) in [5.41, 5.74) is 6.97. The molecule has 2 aromatic carbocycles. The van der Waals surface area contributed by atoms with Crippen molar-refractivity contribution in [2.75, 3.05) is 19.8 Å². The largest absolute Gasteiger partial charge is 0.491 e. The van der Waals surface area contributed by atoms with Crippen molar-refractivity contribution >= 4 is 10.8 Å². The van der Waals surface area contributed by atoms with Crippen LogP contribution in [0.1, 0.15) is 18.4 Å². The van der Waals surface area contributed by atoms with E-state index < -0.39 is 0 Å². The predicted molar refractivity (Wildman–Crippen MR) is 81.2 cm³/mol. The Balaban J connectivity index is 1.86. The minimum absolute atomic E-state index is 0.243. The summed E-state index contributed by atoms with van der Waals surface area (Å²) in [6, 6.07) is 12.6. The molecule has 3 nitrogen and oxygen atoms in total. The van der Waals surface area contributed by atoms with Gasteiger partial charge in [-0.05, 0) is 42.6 Å². The van der Waals surface area contributed by atoms with Gasteiger partial charge in [0.05, 0.1) is 6.10 Å². The monoisotopic (exact) mass is 271 g/mol. The highest BCUT2D eigenvalue weighted by Gasteiger charge is 2.17. The quantitative estimate of drug-likeness (QED) is 0.909. The van der Waals surface area contributed by atoms with Crippen molar-refractivity contribution < 1.29 is 9.47 Å². The molecule has 1 saturated heterocycles. The van der Waals surface area contributed by atoms with Gasteiger partial charge in [-0.3, -0.25) is 0 Å². The minimum atomic E-state index is 0.243. The van der Waals surface area contributed by atoms with Gasteiger partial charge in [0.2, 0.25) is 0 Å². The van der Waals surface area contributed by atoms with Gasteiger partial charge in [-0.15, -0.1) is 0 Å². The van der Waals surface area contributed by atoms with E-state index in [0.717, 1.165) is 31.6 Å². The van der Waals surface area contributed by atoms with Crippen molar-refractivity contribution in [1.29, 1.82) is 0 Å². The molecule has 0 radical (unpaired) electrons. The van der Waals surface area contributed by atoms with Crippen LogP contribution in [-0.2, 0) is 11.2 Å². The molecule has 1 heterocycles. The Morgan fingerprint density at radius 3 is 2.90 bits per heavy atom. The Labute approximate surface area is 119 Å². The highest BCUT2D eigenvalue weighted by molar-refractivity contribution is 5.87. The molecule has 20 heavy (non-hydrogen) atoms. The summed E-state index contributed by atoms with van der Waals surface area (Å²) < 4.78 is 11.6. The normalized spacial score (nSPS) is 18.6. The molecular weight excluding hydrogens is 250 g/mol. The van der Waals surface area contributed by atoms with Gasteiger partial charge in [0, 0.05) is 12.2 Å². The van der Waals surface area contributed by atoms with Crippen LogP contribution in [0.3, 0.4) is 0 Å². The van der Waals surface area contributed by atoms with Crippen LogP contribution in [0.25, 0.3) is 10.8 Å². The number of nitrogens with two attached hydrogens (primary N) is 1. The highest BCUT2D eigenvalue weighted by Crippen LogP contribution is 2.29. The third-order valence-electron chi connectivity index (χ3n) is 3.84. The van der Waals surface area contributed by atoms with Gasteiger partial charge >= 0.3 is 0 Å². The van der Waals surface area contributed by atoms with Crippen LogP contribution in [0.5, 0.6) is 5.75 Å². The molecule has 106 valence electrons. The van der Waals surface area contributed by atoms with Gasteiger partial charge in [-0.2, -0.15) is 0 Å². The second-order valence-electron chi connectivity index (χ2n) is 5.25. The Kier molecular flexibility index (Phi) is 4.19. The van der Waals surface area contributed by atoms with Crippen LogP contribution < -0.4 is 10.5 Å². The van der Waals surface area contributed by atoms with Gasteiger partial charge in [0.25, 0.3) is 0 Å². The first-order valence-corrected chi connectivity index (χ1v) is 7.33. The summed E-state index contributed by atoms with van der Waals surface area (Å²) in [4.78, 5) is 0. The summed E-state index contributed by atoms with van der Waals surface area (Å²) in [7, 11) is 0. The van der Waals surface area contributed by atoms with E-state index in [2.05, 4.69) is 36.4 Å². The first-order chi connectivity index (χ1) is 9.88. The molecule has 3 rings (SSSR count). The molecule has 0 amide bonds. The molecule has 0 aliphatic carbocycles. The fourth-order valence-corrected chi connectivity index (χ4v) is 2.81. The van der Waals surface area contributed by atoms with E-state index in [1.165, 1.54) is 16.3 Å². The molecule has 0 bridgehead atoms. The average Bonchev–Trinajstić information content (AvgIpc) is 3.00. The Morgan fingerprint density at radius 2 is 2.10 bits per heavy atom. The molecule has 2 N–H and O–H groups in total. The van der Waals surface area contributed by atoms with Gasteiger partial charge in [0.1, 0.15) is 12.4 Å². The minimum Gasteiger partial charge on any atom is -0.491 e.